The molecule has 0 aromatic rings. The van der Waals surface area contributed by atoms with E-state index in [-0.39, 0.29) is 0 Å². The minimum atomic E-state index is 0.877. The van der Waals surface area contributed by atoms with Gasteiger partial charge in [-0.25, -0.2) is 0 Å². The summed E-state index contributed by atoms with van der Waals surface area (Å²) in [5.74, 6) is 4.62. The molecule has 1 atom stereocenters. The predicted molar refractivity (Wildman–Crippen MR) is 50.3 cm³/mol. The van der Waals surface area contributed by atoms with Crippen LogP contribution in [0.15, 0.2) is 0 Å². The molecular formula is C11H21. The van der Waals surface area contributed by atoms with E-state index in [9.17, 15) is 0 Å². The average molecular weight is 153 g/mol. The van der Waals surface area contributed by atoms with Crippen molar-refractivity contribution in [2.75, 3.05) is 0 Å². The monoisotopic (exact) mass is 153 g/mol. The number of hydrogen-bond acceptors (Lipinski definition) is 0. The molecule has 1 rings (SSSR count). The molecule has 1 fully saturated rings. The fourth-order valence-corrected chi connectivity index (χ4v) is 1.85. The van der Waals surface area contributed by atoms with Gasteiger partial charge in [0.2, 0.25) is 0 Å². The van der Waals surface area contributed by atoms with Crippen molar-refractivity contribution in [2.45, 2.75) is 47.0 Å². The Balaban J connectivity index is 2.07. The first-order valence-corrected chi connectivity index (χ1v) is 4.94. The highest BCUT2D eigenvalue weighted by Gasteiger charge is 2.37. The normalized spacial score (nSPS) is 25.1. The summed E-state index contributed by atoms with van der Waals surface area (Å²) in [6, 6.07) is 0. The maximum Gasteiger partial charge on any atom is -0.0204 e. The molecule has 0 bridgehead atoms. The Morgan fingerprint density at radius 3 is 2.27 bits per heavy atom. The van der Waals surface area contributed by atoms with Crippen LogP contribution in [0.1, 0.15) is 47.0 Å². The maximum absolute atomic E-state index is 2.32. The van der Waals surface area contributed by atoms with Gasteiger partial charge in [0.1, 0.15) is 0 Å². The Bertz CT molecular complexity index is 99.2. The first-order valence-electron chi connectivity index (χ1n) is 4.94. The molecular weight excluding hydrogens is 132 g/mol. The number of hydrogen-bond donors (Lipinski definition) is 0. The largest absolute Gasteiger partial charge is 0.0628 e. The Hall–Kier alpha value is 0. The zero-order valence-corrected chi connectivity index (χ0v) is 8.35. The van der Waals surface area contributed by atoms with Gasteiger partial charge in [-0.2, -0.15) is 0 Å². The van der Waals surface area contributed by atoms with Gasteiger partial charge in [-0.15, -0.1) is 0 Å². The summed E-state index contributed by atoms with van der Waals surface area (Å²) in [5, 5.41) is 0. The molecule has 0 aliphatic heterocycles. The van der Waals surface area contributed by atoms with Crippen molar-refractivity contribution in [3.05, 3.63) is 5.92 Å². The van der Waals surface area contributed by atoms with Crippen molar-refractivity contribution in [2.24, 2.45) is 17.8 Å². The molecule has 0 aromatic heterocycles. The van der Waals surface area contributed by atoms with Crippen molar-refractivity contribution < 1.29 is 0 Å². The minimum Gasteiger partial charge on any atom is -0.0628 e. The third-order valence-electron chi connectivity index (χ3n) is 2.35. The average Bonchev–Trinajstić information content (AvgIpc) is 2.43. The summed E-state index contributed by atoms with van der Waals surface area (Å²) in [6.07, 6.45) is 4.26. The molecule has 0 amide bonds. The van der Waals surface area contributed by atoms with E-state index in [1.165, 1.54) is 19.3 Å². The second-order valence-electron chi connectivity index (χ2n) is 4.79. The van der Waals surface area contributed by atoms with Crippen LogP contribution in [-0.2, 0) is 0 Å². The van der Waals surface area contributed by atoms with Crippen molar-refractivity contribution in [1.29, 1.82) is 0 Å². The van der Waals surface area contributed by atoms with Crippen LogP contribution in [0.5, 0.6) is 0 Å². The topological polar surface area (TPSA) is 0 Å². The van der Waals surface area contributed by atoms with Crippen LogP contribution < -0.4 is 0 Å². The van der Waals surface area contributed by atoms with Gasteiger partial charge in [0, 0.05) is 0 Å². The van der Waals surface area contributed by atoms with Crippen LogP contribution in [0.2, 0.25) is 0 Å². The molecule has 1 unspecified atom stereocenters. The van der Waals surface area contributed by atoms with Gasteiger partial charge in [0.15, 0.2) is 0 Å². The van der Waals surface area contributed by atoms with E-state index >= 15 is 0 Å². The van der Waals surface area contributed by atoms with Crippen molar-refractivity contribution in [1.82, 2.24) is 0 Å². The molecule has 65 valence electrons. The van der Waals surface area contributed by atoms with E-state index in [1.807, 2.05) is 5.92 Å². The highest BCUT2D eigenvalue weighted by Crippen LogP contribution is 2.48. The lowest BCUT2D eigenvalue weighted by Gasteiger charge is -2.04. The van der Waals surface area contributed by atoms with Gasteiger partial charge in [-0.05, 0) is 42.9 Å². The molecule has 1 radical (unpaired) electrons. The first kappa shape index (κ1) is 9.09. The number of rotatable bonds is 4. The van der Waals surface area contributed by atoms with Gasteiger partial charge in [-0.1, -0.05) is 27.7 Å². The summed E-state index contributed by atoms with van der Waals surface area (Å²) >= 11 is 0. The summed E-state index contributed by atoms with van der Waals surface area (Å²) < 4.78 is 0. The van der Waals surface area contributed by atoms with Crippen LogP contribution in [0.3, 0.4) is 0 Å². The summed E-state index contributed by atoms with van der Waals surface area (Å²) in [4.78, 5) is 0. The van der Waals surface area contributed by atoms with Gasteiger partial charge in [0.25, 0.3) is 0 Å². The maximum atomic E-state index is 2.32. The lowest BCUT2D eigenvalue weighted by Crippen LogP contribution is -1.93. The Labute approximate surface area is 71.4 Å². The van der Waals surface area contributed by atoms with Gasteiger partial charge in [-0.3, -0.25) is 0 Å². The summed E-state index contributed by atoms with van der Waals surface area (Å²) in [5.41, 5.74) is 0. The predicted octanol–water partition coefficient (Wildman–Crippen LogP) is 3.67. The van der Waals surface area contributed by atoms with Gasteiger partial charge >= 0.3 is 0 Å². The standard InChI is InChI=1S/C11H21/c1-8(2)5-10-7-11(10)6-9(3)4/h8-10H,5-7H2,1-4H3. The third-order valence-corrected chi connectivity index (χ3v) is 2.35. The quantitative estimate of drug-likeness (QED) is 0.578. The zero-order valence-electron chi connectivity index (χ0n) is 8.35. The third kappa shape index (κ3) is 3.27. The van der Waals surface area contributed by atoms with Crippen molar-refractivity contribution in [3.63, 3.8) is 0 Å². The van der Waals surface area contributed by atoms with E-state index in [0.717, 1.165) is 17.8 Å². The fourth-order valence-electron chi connectivity index (χ4n) is 1.85. The molecule has 1 aliphatic rings. The van der Waals surface area contributed by atoms with Crippen LogP contribution in [0, 0.1) is 23.7 Å². The highest BCUT2D eigenvalue weighted by molar-refractivity contribution is 5.13. The van der Waals surface area contributed by atoms with Crippen LogP contribution in [-0.4, -0.2) is 0 Å². The zero-order chi connectivity index (χ0) is 8.43. The molecule has 0 saturated heterocycles. The summed E-state index contributed by atoms with van der Waals surface area (Å²) in [6.45, 7) is 9.28. The van der Waals surface area contributed by atoms with E-state index in [1.54, 1.807) is 0 Å². The molecule has 0 nitrogen and oxygen atoms in total. The highest BCUT2D eigenvalue weighted by atomic mass is 14.4. The van der Waals surface area contributed by atoms with Crippen molar-refractivity contribution in [3.8, 4) is 0 Å². The second kappa shape index (κ2) is 3.60. The lowest BCUT2D eigenvalue weighted by molar-refractivity contribution is 0.528. The SMILES string of the molecule is CC(C)C[C]1CC1CC(C)C. The Kier molecular flexibility index (Phi) is 2.98. The van der Waals surface area contributed by atoms with Gasteiger partial charge in [0.05, 0.1) is 0 Å². The second-order valence-corrected chi connectivity index (χ2v) is 4.79. The molecule has 11 heavy (non-hydrogen) atoms. The Morgan fingerprint density at radius 1 is 1.18 bits per heavy atom. The molecule has 1 saturated carbocycles. The molecule has 0 aromatic carbocycles. The smallest absolute Gasteiger partial charge is 0.0204 e. The lowest BCUT2D eigenvalue weighted by atomic mass is 10.0. The molecule has 1 aliphatic carbocycles. The van der Waals surface area contributed by atoms with Gasteiger partial charge < -0.3 is 0 Å². The Morgan fingerprint density at radius 2 is 1.82 bits per heavy atom. The van der Waals surface area contributed by atoms with Crippen LogP contribution in [0.4, 0.5) is 0 Å². The van der Waals surface area contributed by atoms with E-state index in [0.29, 0.717) is 0 Å². The van der Waals surface area contributed by atoms with Crippen LogP contribution in [0.25, 0.3) is 0 Å². The van der Waals surface area contributed by atoms with E-state index in [2.05, 4.69) is 27.7 Å². The minimum absolute atomic E-state index is 0.877. The molecule has 0 spiro atoms. The van der Waals surface area contributed by atoms with Crippen molar-refractivity contribution >= 4 is 0 Å². The molecule has 0 heteroatoms. The van der Waals surface area contributed by atoms with E-state index < -0.39 is 0 Å². The fraction of sp³-hybridized carbons (Fsp3) is 0.909. The van der Waals surface area contributed by atoms with E-state index in [4.69, 9.17) is 0 Å². The first-order chi connectivity index (χ1) is 5.09. The summed E-state index contributed by atoms with van der Waals surface area (Å²) in [7, 11) is 0. The van der Waals surface area contributed by atoms with Crippen LogP contribution >= 0.6 is 0 Å². The molecule has 0 N–H and O–H groups in total. The molecule has 0 heterocycles.